The molecule has 4 heteroatoms. The van der Waals surface area contributed by atoms with Crippen molar-refractivity contribution in [2.45, 2.75) is 39.0 Å². The lowest BCUT2D eigenvalue weighted by atomic mass is 10.1. The third-order valence-corrected chi connectivity index (χ3v) is 4.32. The quantitative estimate of drug-likeness (QED) is 0.367. The normalized spacial score (nSPS) is 10.7. The van der Waals surface area contributed by atoms with Crippen LogP contribution in [-0.4, -0.2) is 12.5 Å². The molecule has 0 unspecified atom stereocenters. The first-order chi connectivity index (χ1) is 12.0. The van der Waals surface area contributed by atoms with E-state index in [0.29, 0.717) is 28.5 Å². The molecule has 0 aromatic heterocycles. The zero-order valence-electron chi connectivity index (χ0n) is 15.6. The lowest BCUT2D eigenvalue weighted by Crippen LogP contribution is -2.25. The Hall–Kier alpha value is -2.25. The van der Waals surface area contributed by atoms with Crippen LogP contribution >= 0.6 is 11.8 Å². The molecule has 0 aliphatic rings. The predicted octanol–water partition coefficient (Wildman–Crippen LogP) is 5.73. The molecule has 0 atom stereocenters. The molecule has 0 fully saturated rings. The third kappa shape index (κ3) is 7.91. The second kappa shape index (κ2) is 13.1. The second-order valence-corrected chi connectivity index (χ2v) is 6.42. The van der Waals surface area contributed by atoms with E-state index in [4.69, 9.17) is 5.26 Å². The van der Waals surface area contributed by atoms with Crippen LogP contribution in [0.1, 0.15) is 44.5 Å². The lowest BCUT2D eigenvalue weighted by Gasteiger charge is -2.11. The van der Waals surface area contributed by atoms with E-state index in [9.17, 15) is 4.79 Å². The van der Waals surface area contributed by atoms with E-state index in [1.165, 1.54) is 17.8 Å². The van der Waals surface area contributed by atoms with Crippen molar-refractivity contribution in [3.63, 3.8) is 0 Å². The number of thioether (sulfide) groups is 1. The minimum Gasteiger partial charge on any atom is -0.352 e. The number of carbonyl (C=O) groups excluding carboxylic acids is 1. The van der Waals surface area contributed by atoms with Crippen LogP contribution in [0.4, 0.5) is 0 Å². The summed E-state index contributed by atoms with van der Waals surface area (Å²) < 4.78 is 0. The molecule has 0 heterocycles. The molecule has 0 radical (unpaired) electrons. The minimum atomic E-state index is -0.103. The van der Waals surface area contributed by atoms with Crippen molar-refractivity contribution < 1.29 is 4.79 Å². The molecule has 0 saturated carbocycles. The number of carbonyl (C=O) groups is 1. The topological polar surface area (TPSA) is 52.9 Å². The van der Waals surface area contributed by atoms with Gasteiger partial charge in [-0.1, -0.05) is 76.9 Å². The second-order valence-electron chi connectivity index (χ2n) is 5.33. The molecule has 134 valence electrons. The van der Waals surface area contributed by atoms with Crippen LogP contribution in [0.3, 0.4) is 0 Å². The van der Waals surface area contributed by atoms with Crippen molar-refractivity contribution in [3.8, 4) is 6.07 Å². The van der Waals surface area contributed by atoms with E-state index in [2.05, 4.69) is 38.4 Å². The van der Waals surface area contributed by atoms with Gasteiger partial charge in [0.05, 0.1) is 11.1 Å². The van der Waals surface area contributed by atoms with Crippen LogP contribution < -0.4 is 5.32 Å². The smallest absolute Gasteiger partial charge is 0.252 e. The standard InChI is InChI=1S/C19H22N2OS.C2H6/c1-5-15(13-20)17(6-2)23-18-10-8-7-9-16(18)19(22)21-12-11-14(3)4;1-2/h5-10,14H,1-2,11-12H2,3-4H3,(H,21,22);1-2H3/b17-15-;. The Kier molecular flexibility index (Phi) is 11.9. The summed E-state index contributed by atoms with van der Waals surface area (Å²) in [6.07, 6.45) is 4.04. The first-order valence-electron chi connectivity index (χ1n) is 8.47. The van der Waals surface area contributed by atoms with Gasteiger partial charge in [0.1, 0.15) is 6.07 Å². The van der Waals surface area contributed by atoms with Crippen molar-refractivity contribution >= 4 is 17.7 Å². The summed E-state index contributed by atoms with van der Waals surface area (Å²) >= 11 is 1.35. The van der Waals surface area contributed by atoms with E-state index < -0.39 is 0 Å². The maximum atomic E-state index is 12.4. The molecule has 1 aromatic rings. The zero-order valence-corrected chi connectivity index (χ0v) is 16.5. The fraction of sp³-hybridized carbons (Fsp3) is 0.333. The fourth-order valence-corrected chi connectivity index (χ4v) is 2.82. The highest BCUT2D eigenvalue weighted by Gasteiger charge is 2.13. The summed E-state index contributed by atoms with van der Waals surface area (Å²) in [7, 11) is 0. The minimum absolute atomic E-state index is 0.103. The molecule has 1 rings (SSSR count). The third-order valence-electron chi connectivity index (χ3n) is 3.13. The Balaban J connectivity index is 0.00000277. The van der Waals surface area contributed by atoms with Crippen molar-refractivity contribution in [3.05, 3.63) is 65.6 Å². The predicted molar refractivity (Wildman–Crippen MR) is 108 cm³/mol. The molecule has 1 aromatic carbocycles. The SMILES string of the molecule is C=C/C(C#N)=C(\C=C)Sc1ccccc1C(=O)NCCC(C)C.CC. The number of rotatable bonds is 8. The van der Waals surface area contributed by atoms with Crippen LogP contribution in [0.25, 0.3) is 0 Å². The summed E-state index contributed by atoms with van der Waals surface area (Å²) in [4.78, 5) is 13.9. The van der Waals surface area contributed by atoms with Gasteiger partial charge in [0.2, 0.25) is 0 Å². The van der Waals surface area contributed by atoms with Crippen molar-refractivity contribution in [2.24, 2.45) is 5.92 Å². The molecule has 0 aliphatic heterocycles. The first kappa shape index (κ1) is 22.8. The summed E-state index contributed by atoms with van der Waals surface area (Å²) in [5, 5.41) is 12.1. The van der Waals surface area contributed by atoms with E-state index in [0.717, 1.165) is 11.3 Å². The maximum Gasteiger partial charge on any atom is 0.252 e. The van der Waals surface area contributed by atoms with Crippen LogP contribution in [0.5, 0.6) is 0 Å². The Bertz CT molecular complexity index is 654. The number of nitrogens with one attached hydrogen (secondary N) is 1. The van der Waals surface area contributed by atoms with Gasteiger partial charge in [-0.3, -0.25) is 4.79 Å². The monoisotopic (exact) mass is 356 g/mol. The zero-order chi connectivity index (χ0) is 19.2. The maximum absolute atomic E-state index is 12.4. The van der Waals surface area contributed by atoms with Gasteiger partial charge < -0.3 is 5.32 Å². The Labute approximate surface area is 156 Å². The van der Waals surface area contributed by atoms with E-state index in [-0.39, 0.29) is 5.91 Å². The number of amides is 1. The van der Waals surface area contributed by atoms with Gasteiger partial charge >= 0.3 is 0 Å². The molecule has 25 heavy (non-hydrogen) atoms. The van der Waals surface area contributed by atoms with Crippen molar-refractivity contribution in [1.29, 1.82) is 5.26 Å². The van der Waals surface area contributed by atoms with Crippen molar-refractivity contribution in [2.75, 3.05) is 6.54 Å². The van der Waals surface area contributed by atoms with E-state index in [1.807, 2.05) is 32.0 Å². The van der Waals surface area contributed by atoms with Gasteiger partial charge in [-0.2, -0.15) is 5.26 Å². The number of allylic oxidation sites excluding steroid dienone is 3. The average molecular weight is 357 g/mol. The Morgan fingerprint density at radius 2 is 1.92 bits per heavy atom. The highest BCUT2D eigenvalue weighted by molar-refractivity contribution is 8.03. The summed E-state index contributed by atoms with van der Waals surface area (Å²) in [6.45, 7) is 16.3. The van der Waals surface area contributed by atoms with Gasteiger partial charge in [0.25, 0.3) is 5.91 Å². The van der Waals surface area contributed by atoms with Crippen molar-refractivity contribution in [1.82, 2.24) is 5.32 Å². The summed E-state index contributed by atoms with van der Waals surface area (Å²) in [5.74, 6) is 0.440. The van der Waals surface area contributed by atoms with Crippen LogP contribution in [0.15, 0.2) is 64.9 Å². The number of benzene rings is 1. The highest BCUT2D eigenvalue weighted by Crippen LogP contribution is 2.32. The van der Waals surface area contributed by atoms with Gasteiger partial charge in [-0.15, -0.1) is 0 Å². The molecule has 3 nitrogen and oxygen atoms in total. The molecule has 1 amide bonds. The molecule has 1 N–H and O–H groups in total. The summed E-state index contributed by atoms with van der Waals surface area (Å²) in [6, 6.07) is 9.44. The van der Waals surface area contributed by atoms with Gasteiger partial charge in [0, 0.05) is 16.3 Å². The van der Waals surface area contributed by atoms with Crippen LogP contribution in [0, 0.1) is 17.2 Å². The number of hydrogen-bond donors (Lipinski definition) is 1. The van der Waals surface area contributed by atoms with Gasteiger partial charge in [-0.05, 0) is 24.5 Å². The molecular weight excluding hydrogens is 328 g/mol. The molecule has 0 aliphatic carbocycles. The Morgan fingerprint density at radius 1 is 1.28 bits per heavy atom. The first-order valence-corrected chi connectivity index (χ1v) is 9.29. The van der Waals surface area contributed by atoms with E-state index in [1.54, 1.807) is 12.1 Å². The van der Waals surface area contributed by atoms with Gasteiger partial charge in [0.15, 0.2) is 0 Å². The summed E-state index contributed by atoms with van der Waals surface area (Å²) in [5.41, 5.74) is 1.04. The molecule has 0 saturated heterocycles. The van der Waals surface area contributed by atoms with Gasteiger partial charge in [-0.25, -0.2) is 0 Å². The lowest BCUT2D eigenvalue weighted by molar-refractivity contribution is 0.0949. The molecular formula is C21H28N2OS. The highest BCUT2D eigenvalue weighted by atomic mass is 32.2. The number of nitriles is 1. The van der Waals surface area contributed by atoms with E-state index >= 15 is 0 Å². The molecule has 0 bridgehead atoms. The Morgan fingerprint density at radius 3 is 2.44 bits per heavy atom. The van der Waals surface area contributed by atoms with Crippen LogP contribution in [-0.2, 0) is 0 Å². The average Bonchev–Trinajstić information content (AvgIpc) is 2.63. The fourth-order valence-electron chi connectivity index (χ4n) is 1.84. The molecule has 0 spiro atoms. The van der Waals surface area contributed by atoms with Crippen LogP contribution in [0.2, 0.25) is 0 Å². The largest absolute Gasteiger partial charge is 0.352 e. The number of hydrogen-bond acceptors (Lipinski definition) is 3. The number of nitrogens with zero attached hydrogens (tertiary/aromatic N) is 1.